The maximum Gasteiger partial charge on any atom is 0.314 e. The second-order valence-electron chi connectivity index (χ2n) is 5.64. The van der Waals surface area contributed by atoms with Crippen LogP contribution in [-0.4, -0.2) is 28.6 Å². The molecule has 7 nitrogen and oxygen atoms in total. The maximum absolute atomic E-state index is 11.9. The van der Waals surface area contributed by atoms with Gasteiger partial charge in [0, 0.05) is 10.9 Å². The summed E-state index contributed by atoms with van der Waals surface area (Å²) < 4.78 is 4.81. The predicted octanol–water partition coefficient (Wildman–Crippen LogP) is 1.40. The van der Waals surface area contributed by atoms with E-state index < -0.39 is 17.4 Å². The molecule has 0 spiro atoms. The number of nitrogens with zero attached hydrogens (tertiary/aromatic N) is 1. The summed E-state index contributed by atoms with van der Waals surface area (Å²) in [5.41, 5.74) is -1.12. The van der Waals surface area contributed by atoms with Gasteiger partial charge in [0.15, 0.2) is 5.82 Å². The van der Waals surface area contributed by atoms with Crippen molar-refractivity contribution in [2.75, 3.05) is 11.9 Å². The van der Waals surface area contributed by atoms with Crippen molar-refractivity contribution in [2.45, 2.75) is 25.4 Å². The van der Waals surface area contributed by atoms with Crippen LogP contribution in [0, 0.1) is 12.8 Å². The summed E-state index contributed by atoms with van der Waals surface area (Å²) in [5.74, 6) is -0.841. The number of carbonyl (C=O) groups is 2. The normalized spacial score (nSPS) is 16.6. The number of thiophene rings is 1. The van der Waals surface area contributed by atoms with E-state index in [0.717, 1.165) is 17.7 Å². The van der Waals surface area contributed by atoms with E-state index in [4.69, 9.17) is 4.52 Å². The Morgan fingerprint density at radius 1 is 1.48 bits per heavy atom. The first-order valence-corrected chi connectivity index (χ1v) is 8.16. The molecule has 23 heavy (non-hydrogen) atoms. The summed E-state index contributed by atoms with van der Waals surface area (Å²) in [5, 5.41) is 21.2. The summed E-state index contributed by atoms with van der Waals surface area (Å²) in [6.45, 7) is 1.68. The zero-order valence-corrected chi connectivity index (χ0v) is 13.4. The number of aliphatic hydroxyl groups is 1. The predicted molar refractivity (Wildman–Crippen MR) is 83.8 cm³/mol. The average molecular weight is 335 g/mol. The number of hydrogen-bond donors (Lipinski definition) is 3. The van der Waals surface area contributed by atoms with Crippen LogP contribution < -0.4 is 10.6 Å². The van der Waals surface area contributed by atoms with Crippen molar-refractivity contribution in [1.82, 2.24) is 10.5 Å². The Labute approximate surface area is 136 Å². The fourth-order valence-corrected chi connectivity index (χ4v) is 3.32. The Bertz CT molecular complexity index is 708. The monoisotopic (exact) mass is 335 g/mol. The molecule has 0 radical (unpaired) electrons. The van der Waals surface area contributed by atoms with Gasteiger partial charge in [-0.3, -0.25) is 14.9 Å². The Balaban J connectivity index is 1.60. The third-order valence-electron chi connectivity index (χ3n) is 3.79. The molecule has 0 bridgehead atoms. The molecular formula is C15H17N3O4S. The lowest BCUT2D eigenvalue weighted by molar-refractivity contribution is -0.137. The molecule has 1 saturated carbocycles. The van der Waals surface area contributed by atoms with E-state index >= 15 is 0 Å². The van der Waals surface area contributed by atoms with E-state index in [1.807, 2.05) is 17.5 Å². The molecule has 2 aromatic heterocycles. The molecule has 1 fully saturated rings. The smallest absolute Gasteiger partial charge is 0.314 e. The molecular weight excluding hydrogens is 318 g/mol. The van der Waals surface area contributed by atoms with Gasteiger partial charge >= 0.3 is 11.8 Å². The number of aryl methyl sites for hydroxylation is 1. The largest absolute Gasteiger partial charge is 0.382 e. The second kappa shape index (κ2) is 6.13. The Kier molecular flexibility index (Phi) is 4.18. The number of aromatic nitrogens is 1. The van der Waals surface area contributed by atoms with Crippen molar-refractivity contribution in [1.29, 1.82) is 0 Å². The number of anilines is 1. The Morgan fingerprint density at radius 3 is 2.83 bits per heavy atom. The van der Waals surface area contributed by atoms with E-state index in [2.05, 4.69) is 15.8 Å². The molecule has 1 atom stereocenters. The quantitative estimate of drug-likeness (QED) is 0.716. The SMILES string of the molecule is Cc1cc(NC(=O)C(=O)NCC(O)(c2cccs2)C2CC2)no1. The molecule has 2 aromatic rings. The second-order valence-corrected chi connectivity index (χ2v) is 6.58. The zero-order valence-electron chi connectivity index (χ0n) is 12.5. The molecule has 1 unspecified atom stereocenters. The van der Waals surface area contributed by atoms with Gasteiger partial charge in [-0.15, -0.1) is 11.3 Å². The van der Waals surface area contributed by atoms with Crippen LogP contribution in [0.3, 0.4) is 0 Å². The van der Waals surface area contributed by atoms with Crippen LogP contribution in [0.4, 0.5) is 5.82 Å². The van der Waals surface area contributed by atoms with Gasteiger partial charge in [0.05, 0.1) is 6.54 Å². The van der Waals surface area contributed by atoms with Crippen LogP contribution in [0.25, 0.3) is 0 Å². The van der Waals surface area contributed by atoms with E-state index in [1.54, 1.807) is 6.92 Å². The molecule has 0 saturated heterocycles. The minimum Gasteiger partial charge on any atom is -0.382 e. The standard InChI is InChI=1S/C15H17N3O4S/c1-9-7-12(18-22-9)17-14(20)13(19)16-8-15(21,10-4-5-10)11-3-2-6-23-11/h2-3,6-7,10,21H,4-5,8H2,1H3,(H,16,19)(H,17,18,20). The fraction of sp³-hybridized carbons (Fsp3) is 0.400. The highest BCUT2D eigenvalue weighted by molar-refractivity contribution is 7.10. The van der Waals surface area contributed by atoms with Crippen LogP contribution in [-0.2, 0) is 15.2 Å². The summed E-state index contributed by atoms with van der Waals surface area (Å²) in [6, 6.07) is 5.21. The van der Waals surface area contributed by atoms with Crippen molar-refractivity contribution in [2.24, 2.45) is 5.92 Å². The van der Waals surface area contributed by atoms with Gasteiger partial charge in [-0.1, -0.05) is 11.2 Å². The van der Waals surface area contributed by atoms with Crippen LogP contribution in [0.15, 0.2) is 28.1 Å². The lowest BCUT2D eigenvalue weighted by Gasteiger charge is -2.27. The van der Waals surface area contributed by atoms with Crippen LogP contribution in [0.1, 0.15) is 23.5 Å². The fourth-order valence-electron chi connectivity index (χ4n) is 2.41. The molecule has 1 aliphatic rings. The van der Waals surface area contributed by atoms with Crippen molar-refractivity contribution in [3.05, 3.63) is 34.2 Å². The first kappa shape index (κ1) is 15.7. The molecule has 122 valence electrons. The van der Waals surface area contributed by atoms with Gasteiger partial charge in [-0.05, 0) is 37.1 Å². The van der Waals surface area contributed by atoms with Crippen LogP contribution in [0.5, 0.6) is 0 Å². The minimum absolute atomic E-state index is 0.00226. The van der Waals surface area contributed by atoms with Gasteiger partial charge in [-0.25, -0.2) is 0 Å². The molecule has 0 aliphatic heterocycles. The number of nitrogens with one attached hydrogen (secondary N) is 2. The Hall–Kier alpha value is -2.19. The van der Waals surface area contributed by atoms with E-state index in [-0.39, 0.29) is 18.3 Å². The number of rotatable bonds is 5. The molecule has 2 heterocycles. The van der Waals surface area contributed by atoms with E-state index in [0.29, 0.717) is 5.76 Å². The lowest BCUT2D eigenvalue weighted by Crippen LogP contribution is -2.45. The van der Waals surface area contributed by atoms with Gasteiger partial charge in [0.25, 0.3) is 0 Å². The van der Waals surface area contributed by atoms with Gasteiger partial charge in [0.2, 0.25) is 0 Å². The molecule has 3 rings (SSSR count). The number of amides is 2. The highest BCUT2D eigenvalue weighted by Gasteiger charge is 2.46. The zero-order chi connectivity index (χ0) is 16.4. The topological polar surface area (TPSA) is 104 Å². The van der Waals surface area contributed by atoms with Crippen molar-refractivity contribution >= 4 is 29.0 Å². The summed E-state index contributed by atoms with van der Waals surface area (Å²) in [7, 11) is 0. The third kappa shape index (κ3) is 3.43. The first-order chi connectivity index (χ1) is 11.0. The summed E-state index contributed by atoms with van der Waals surface area (Å²) in [4.78, 5) is 24.5. The molecule has 3 N–H and O–H groups in total. The van der Waals surface area contributed by atoms with Crippen LogP contribution in [0.2, 0.25) is 0 Å². The molecule has 0 aromatic carbocycles. The third-order valence-corrected chi connectivity index (χ3v) is 4.83. The van der Waals surface area contributed by atoms with Crippen molar-refractivity contribution in [3.63, 3.8) is 0 Å². The molecule has 2 amide bonds. The summed E-state index contributed by atoms with van der Waals surface area (Å²) >= 11 is 1.44. The van der Waals surface area contributed by atoms with E-state index in [9.17, 15) is 14.7 Å². The summed E-state index contributed by atoms with van der Waals surface area (Å²) in [6.07, 6.45) is 1.82. The minimum atomic E-state index is -1.12. The highest BCUT2D eigenvalue weighted by atomic mass is 32.1. The van der Waals surface area contributed by atoms with E-state index in [1.165, 1.54) is 17.4 Å². The van der Waals surface area contributed by atoms with Gasteiger partial charge < -0.3 is 14.9 Å². The van der Waals surface area contributed by atoms with Crippen molar-refractivity contribution < 1.29 is 19.2 Å². The van der Waals surface area contributed by atoms with Gasteiger partial charge in [0.1, 0.15) is 11.4 Å². The molecule has 1 aliphatic carbocycles. The van der Waals surface area contributed by atoms with Gasteiger partial charge in [-0.2, -0.15) is 0 Å². The number of hydrogen-bond acceptors (Lipinski definition) is 6. The van der Waals surface area contributed by atoms with Crippen LogP contribution >= 0.6 is 11.3 Å². The lowest BCUT2D eigenvalue weighted by atomic mass is 9.95. The van der Waals surface area contributed by atoms with Crippen molar-refractivity contribution in [3.8, 4) is 0 Å². The average Bonchev–Trinajstić information content (AvgIpc) is 3.08. The maximum atomic E-state index is 11.9. The Morgan fingerprint density at radius 2 is 2.26 bits per heavy atom. The molecule has 8 heteroatoms. The highest BCUT2D eigenvalue weighted by Crippen LogP contribution is 2.46. The first-order valence-electron chi connectivity index (χ1n) is 7.28. The number of carbonyl (C=O) groups excluding carboxylic acids is 2.